The Balaban J connectivity index is 2.11. The standard InChI is InChI=1S/C14H21N3O3/c1-20-14-6-12(5-13(7-14)17(18)19)10-16-4-2-3-11(8-15)9-16/h5-7,11H,2-4,8-10,15H2,1H3. The Hall–Kier alpha value is -1.66. The number of hydrogen-bond acceptors (Lipinski definition) is 5. The lowest BCUT2D eigenvalue weighted by Gasteiger charge is -2.32. The third-order valence-corrected chi connectivity index (χ3v) is 3.74. The summed E-state index contributed by atoms with van der Waals surface area (Å²) in [5.74, 6) is 1.06. The first-order chi connectivity index (χ1) is 9.62. The molecule has 0 spiro atoms. The fourth-order valence-corrected chi connectivity index (χ4v) is 2.70. The Labute approximate surface area is 118 Å². The number of piperidine rings is 1. The molecule has 2 N–H and O–H groups in total. The van der Waals surface area contributed by atoms with Crippen LogP contribution in [0.5, 0.6) is 5.75 Å². The van der Waals surface area contributed by atoms with Crippen molar-refractivity contribution in [3.63, 3.8) is 0 Å². The molecule has 0 amide bonds. The van der Waals surface area contributed by atoms with Crippen molar-refractivity contribution in [1.29, 1.82) is 0 Å². The van der Waals surface area contributed by atoms with Gasteiger partial charge < -0.3 is 10.5 Å². The van der Waals surface area contributed by atoms with Gasteiger partial charge >= 0.3 is 0 Å². The molecule has 1 saturated heterocycles. The van der Waals surface area contributed by atoms with Crippen LogP contribution < -0.4 is 10.5 Å². The van der Waals surface area contributed by atoms with E-state index in [1.165, 1.54) is 19.6 Å². The van der Waals surface area contributed by atoms with Gasteiger partial charge in [0.2, 0.25) is 0 Å². The van der Waals surface area contributed by atoms with Crippen LogP contribution in [0.3, 0.4) is 0 Å². The van der Waals surface area contributed by atoms with Gasteiger partial charge in [0.05, 0.1) is 18.1 Å². The summed E-state index contributed by atoms with van der Waals surface area (Å²) < 4.78 is 5.13. The fraction of sp³-hybridized carbons (Fsp3) is 0.571. The molecule has 1 heterocycles. The van der Waals surface area contributed by atoms with Gasteiger partial charge in [0.25, 0.3) is 5.69 Å². The number of ether oxygens (including phenoxy) is 1. The molecule has 1 atom stereocenters. The third kappa shape index (κ3) is 3.68. The minimum atomic E-state index is -0.384. The van der Waals surface area contributed by atoms with E-state index in [4.69, 9.17) is 10.5 Å². The number of methoxy groups -OCH3 is 1. The van der Waals surface area contributed by atoms with Crippen molar-refractivity contribution in [2.24, 2.45) is 11.7 Å². The van der Waals surface area contributed by atoms with E-state index in [-0.39, 0.29) is 10.6 Å². The van der Waals surface area contributed by atoms with Gasteiger partial charge in [-0.2, -0.15) is 0 Å². The number of nitrogens with zero attached hydrogens (tertiary/aromatic N) is 2. The Kier molecular flexibility index (Phi) is 4.92. The maximum Gasteiger partial charge on any atom is 0.273 e. The molecule has 110 valence electrons. The van der Waals surface area contributed by atoms with Crippen LogP contribution in [0, 0.1) is 16.0 Å². The minimum absolute atomic E-state index is 0.0757. The average molecular weight is 279 g/mol. The molecule has 1 aromatic carbocycles. The second kappa shape index (κ2) is 6.67. The maximum atomic E-state index is 10.9. The van der Waals surface area contributed by atoms with Crippen molar-refractivity contribution < 1.29 is 9.66 Å². The van der Waals surface area contributed by atoms with Gasteiger partial charge in [0.15, 0.2) is 0 Å². The molecule has 20 heavy (non-hydrogen) atoms. The molecule has 0 radical (unpaired) electrons. The van der Waals surface area contributed by atoms with E-state index in [1.54, 1.807) is 6.07 Å². The van der Waals surface area contributed by atoms with Gasteiger partial charge in [0.1, 0.15) is 5.75 Å². The van der Waals surface area contributed by atoms with E-state index in [1.807, 2.05) is 6.07 Å². The summed E-state index contributed by atoms with van der Waals surface area (Å²) in [6.07, 6.45) is 2.30. The lowest BCUT2D eigenvalue weighted by atomic mass is 9.98. The number of nitrogens with two attached hydrogens (primary N) is 1. The van der Waals surface area contributed by atoms with Crippen LogP contribution in [-0.4, -0.2) is 36.6 Å². The van der Waals surface area contributed by atoms with Crippen LogP contribution in [0.2, 0.25) is 0 Å². The SMILES string of the molecule is COc1cc(CN2CCCC(CN)C2)cc([N+](=O)[O-])c1. The molecule has 0 saturated carbocycles. The molecule has 6 heteroatoms. The second-order valence-corrected chi connectivity index (χ2v) is 5.28. The first-order valence-corrected chi connectivity index (χ1v) is 6.87. The van der Waals surface area contributed by atoms with Gasteiger partial charge in [0, 0.05) is 19.2 Å². The molecule has 0 aromatic heterocycles. The van der Waals surface area contributed by atoms with Crippen LogP contribution >= 0.6 is 0 Å². The monoisotopic (exact) mass is 279 g/mol. The average Bonchev–Trinajstić information content (AvgIpc) is 2.47. The number of rotatable bonds is 5. The normalized spacial score (nSPS) is 19.8. The van der Waals surface area contributed by atoms with Crippen molar-refractivity contribution in [3.8, 4) is 5.75 Å². The second-order valence-electron chi connectivity index (χ2n) is 5.28. The highest BCUT2D eigenvalue weighted by atomic mass is 16.6. The van der Waals surface area contributed by atoms with E-state index in [9.17, 15) is 10.1 Å². The van der Waals surface area contributed by atoms with Crippen LogP contribution in [0.1, 0.15) is 18.4 Å². The highest BCUT2D eigenvalue weighted by molar-refractivity contribution is 5.42. The predicted molar refractivity (Wildman–Crippen MR) is 76.7 cm³/mol. The molecule has 0 aliphatic carbocycles. The summed E-state index contributed by atoms with van der Waals surface area (Å²) >= 11 is 0. The summed E-state index contributed by atoms with van der Waals surface area (Å²) in [6, 6.07) is 4.93. The first kappa shape index (κ1) is 14.7. The Bertz CT molecular complexity index is 479. The van der Waals surface area contributed by atoms with Crippen LogP contribution in [0.4, 0.5) is 5.69 Å². The maximum absolute atomic E-state index is 10.9. The Morgan fingerprint density at radius 2 is 2.30 bits per heavy atom. The Morgan fingerprint density at radius 3 is 2.95 bits per heavy atom. The molecule has 1 aromatic rings. The van der Waals surface area contributed by atoms with Gasteiger partial charge in [-0.15, -0.1) is 0 Å². The topological polar surface area (TPSA) is 81.6 Å². The molecule has 1 unspecified atom stereocenters. The smallest absolute Gasteiger partial charge is 0.273 e. The molecular weight excluding hydrogens is 258 g/mol. The number of nitro groups is 1. The molecule has 1 aliphatic rings. The van der Waals surface area contributed by atoms with Gasteiger partial charge in [-0.1, -0.05) is 0 Å². The number of likely N-dealkylation sites (tertiary alicyclic amines) is 1. The van der Waals surface area contributed by atoms with E-state index in [2.05, 4.69) is 4.90 Å². The zero-order valence-corrected chi connectivity index (χ0v) is 11.7. The first-order valence-electron chi connectivity index (χ1n) is 6.87. The van der Waals surface area contributed by atoms with E-state index in [0.717, 1.165) is 25.1 Å². The zero-order chi connectivity index (χ0) is 14.5. The van der Waals surface area contributed by atoms with Crippen molar-refractivity contribution >= 4 is 5.69 Å². The van der Waals surface area contributed by atoms with Crippen molar-refractivity contribution in [3.05, 3.63) is 33.9 Å². The van der Waals surface area contributed by atoms with Crippen LogP contribution in [-0.2, 0) is 6.54 Å². The van der Waals surface area contributed by atoms with E-state index >= 15 is 0 Å². The molecule has 0 bridgehead atoms. The number of benzene rings is 1. The number of nitro benzene ring substituents is 1. The lowest BCUT2D eigenvalue weighted by Crippen LogP contribution is -2.37. The minimum Gasteiger partial charge on any atom is -0.496 e. The summed E-state index contributed by atoms with van der Waals surface area (Å²) in [4.78, 5) is 12.9. The van der Waals surface area contributed by atoms with Crippen molar-refractivity contribution in [1.82, 2.24) is 4.90 Å². The van der Waals surface area contributed by atoms with Crippen molar-refractivity contribution in [2.75, 3.05) is 26.7 Å². The molecule has 1 aliphatic heterocycles. The third-order valence-electron chi connectivity index (χ3n) is 3.74. The highest BCUT2D eigenvalue weighted by Gasteiger charge is 2.20. The quantitative estimate of drug-likeness (QED) is 0.656. The van der Waals surface area contributed by atoms with Crippen molar-refractivity contribution in [2.45, 2.75) is 19.4 Å². The predicted octanol–water partition coefficient (Wildman–Crippen LogP) is 1.77. The molecule has 6 nitrogen and oxygen atoms in total. The largest absolute Gasteiger partial charge is 0.496 e. The number of non-ortho nitro benzene ring substituents is 1. The molecular formula is C14H21N3O3. The summed E-state index contributed by atoms with van der Waals surface area (Å²) in [7, 11) is 1.52. The Morgan fingerprint density at radius 1 is 1.50 bits per heavy atom. The van der Waals surface area contributed by atoms with Gasteiger partial charge in [-0.25, -0.2) is 0 Å². The zero-order valence-electron chi connectivity index (χ0n) is 11.7. The summed E-state index contributed by atoms with van der Waals surface area (Å²) in [6.45, 7) is 3.38. The fourth-order valence-electron chi connectivity index (χ4n) is 2.70. The van der Waals surface area contributed by atoms with E-state index in [0.29, 0.717) is 24.8 Å². The lowest BCUT2D eigenvalue weighted by molar-refractivity contribution is -0.385. The summed E-state index contributed by atoms with van der Waals surface area (Å²) in [5, 5.41) is 10.9. The molecule has 1 fully saturated rings. The molecule has 2 rings (SSSR count). The van der Waals surface area contributed by atoms with Gasteiger partial charge in [-0.05, 0) is 43.5 Å². The summed E-state index contributed by atoms with van der Waals surface area (Å²) in [5.41, 5.74) is 6.72. The van der Waals surface area contributed by atoms with Crippen LogP contribution in [0.25, 0.3) is 0 Å². The highest BCUT2D eigenvalue weighted by Crippen LogP contribution is 2.25. The number of hydrogen-bond donors (Lipinski definition) is 1. The van der Waals surface area contributed by atoms with E-state index < -0.39 is 0 Å². The van der Waals surface area contributed by atoms with Crippen LogP contribution in [0.15, 0.2) is 18.2 Å². The van der Waals surface area contributed by atoms with Gasteiger partial charge in [-0.3, -0.25) is 15.0 Å².